The van der Waals surface area contributed by atoms with Gasteiger partial charge in [-0.1, -0.05) is 54.4 Å². The molecule has 0 unspecified atom stereocenters. The van der Waals surface area contributed by atoms with Crippen LogP contribution in [0.3, 0.4) is 0 Å². The van der Waals surface area contributed by atoms with Gasteiger partial charge >= 0.3 is 5.97 Å². The predicted octanol–water partition coefficient (Wildman–Crippen LogP) is -6.75. The first-order valence-corrected chi connectivity index (χ1v) is 31.9. The Bertz CT molecular complexity index is 2630. The molecule has 0 spiro atoms. The molecule has 3 heterocycles. The molecular formula is C59H101N15O19. The summed E-state index contributed by atoms with van der Waals surface area (Å²) in [5.74, 6) is -14.3. The maximum Gasteiger partial charge on any atom is 0.326 e. The number of carbonyl (C=O) groups excluding carboxylic acids is 13. The highest BCUT2D eigenvalue weighted by molar-refractivity contribution is 6.01. The van der Waals surface area contributed by atoms with Crippen LogP contribution in [-0.2, 0) is 67.1 Å². The van der Waals surface area contributed by atoms with E-state index >= 15 is 0 Å². The summed E-state index contributed by atoms with van der Waals surface area (Å²) in [4.78, 5) is 193. The molecule has 34 heteroatoms. The minimum atomic E-state index is -1.76. The molecule has 0 saturated carbocycles. The van der Waals surface area contributed by atoms with Crippen LogP contribution in [-0.4, -0.2) is 254 Å². The molecule has 0 aromatic carbocycles. The first-order chi connectivity index (χ1) is 43.8. The van der Waals surface area contributed by atoms with E-state index in [-0.39, 0.29) is 57.7 Å². The van der Waals surface area contributed by atoms with Gasteiger partial charge in [0.15, 0.2) is 0 Å². The first kappa shape index (κ1) is 79.6. The molecule has 0 aliphatic carbocycles. The quantitative estimate of drug-likeness (QED) is 0.0256. The summed E-state index contributed by atoms with van der Waals surface area (Å²) in [5.41, 5.74) is 16.8. The number of aliphatic hydroxyl groups is 4. The van der Waals surface area contributed by atoms with E-state index in [2.05, 4.69) is 47.9 Å². The van der Waals surface area contributed by atoms with Crippen molar-refractivity contribution < 1.29 is 92.7 Å². The summed E-state index contributed by atoms with van der Waals surface area (Å²) in [5, 5.41) is 71.6. The Labute approximate surface area is 540 Å². The fraction of sp³-hybridized carbons (Fsp3) is 0.763. The van der Waals surface area contributed by atoms with Crippen molar-refractivity contribution in [1.82, 2.24) is 62.6 Å². The molecule has 526 valence electrons. The van der Waals surface area contributed by atoms with Gasteiger partial charge in [-0.2, -0.15) is 0 Å². The number of unbranched alkanes of at least 4 members (excludes halogenated alkanes) is 1. The zero-order chi connectivity index (χ0) is 70.1. The summed E-state index contributed by atoms with van der Waals surface area (Å²) in [7, 11) is 0. The second-order valence-electron chi connectivity index (χ2n) is 24.6. The van der Waals surface area contributed by atoms with Crippen LogP contribution in [0, 0.1) is 17.8 Å². The number of nitrogens with one attached hydrogen (secondary N) is 9. The van der Waals surface area contributed by atoms with Crippen molar-refractivity contribution in [2.24, 2.45) is 35.0 Å². The number of rotatable bonds is 38. The van der Waals surface area contributed by atoms with Crippen LogP contribution in [0.15, 0.2) is 0 Å². The number of nitrogens with zero attached hydrogens (tertiary/aromatic N) is 3. The lowest BCUT2D eigenvalue weighted by atomic mass is 9.96. The SMILES string of the molecule is CC[C@H](C)[C@H](NC(=O)[C@H](CC(C)C)NC(=O)[C@@H]1CCCN1C(=O)[C@@H]1CCCN1C(=O)[C@@H]1CCCN1C(=O)[C@H](CC(N)=O)NC(=O)[C@H](CO)NC(=O)[C@@H](NC(=O)[C@@H](N)[C@@H](C)O)[C@@H](C)CC)C(=O)N[C@@H](CO)C(=O)N[C@@H](CO)C(=O)N[C@@H](C)C(=O)N[C@@H](CCCCN)C(=O)O. The molecule has 0 aromatic heterocycles. The second kappa shape index (κ2) is 38.5. The molecule has 34 nitrogen and oxygen atoms in total. The Morgan fingerprint density at radius 1 is 0.495 bits per heavy atom. The van der Waals surface area contributed by atoms with Gasteiger partial charge in [0, 0.05) is 19.6 Å². The normalized spacial score (nSPS) is 20.5. The summed E-state index contributed by atoms with van der Waals surface area (Å²) in [6.45, 7) is 10.2. The van der Waals surface area contributed by atoms with Gasteiger partial charge < -0.3 is 105 Å². The van der Waals surface area contributed by atoms with Crippen molar-refractivity contribution in [2.45, 2.75) is 224 Å². The van der Waals surface area contributed by atoms with Crippen LogP contribution in [0.4, 0.5) is 0 Å². The molecule has 3 saturated heterocycles. The van der Waals surface area contributed by atoms with Crippen molar-refractivity contribution in [2.75, 3.05) is 46.0 Å². The fourth-order valence-corrected chi connectivity index (χ4v) is 11.0. The molecule has 0 aromatic rings. The van der Waals surface area contributed by atoms with E-state index in [1.165, 1.54) is 23.6 Å². The molecule has 0 bridgehead atoms. The number of amides is 13. The van der Waals surface area contributed by atoms with Gasteiger partial charge in [0.2, 0.25) is 76.8 Å². The average Bonchev–Trinajstić information content (AvgIpc) is 1.77. The maximum absolute atomic E-state index is 14.6. The van der Waals surface area contributed by atoms with Crippen molar-refractivity contribution in [3.8, 4) is 0 Å². The minimum Gasteiger partial charge on any atom is -0.480 e. The largest absolute Gasteiger partial charge is 0.480 e. The van der Waals surface area contributed by atoms with E-state index in [0.29, 0.717) is 51.5 Å². The number of aliphatic carboxylic acids is 1. The van der Waals surface area contributed by atoms with Gasteiger partial charge in [-0.3, -0.25) is 62.3 Å². The highest BCUT2D eigenvalue weighted by Gasteiger charge is 2.48. The van der Waals surface area contributed by atoms with Crippen LogP contribution in [0.1, 0.15) is 139 Å². The lowest BCUT2D eigenvalue weighted by Crippen LogP contribution is -2.62. The maximum atomic E-state index is 14.6. The van der Waals surface area contributed by atoms with Crippen LogP contribution in [0.5, 0.6) is 0 Å². The van der Waals surface area contributed by atoms with Crippen molar-refractivity contribution in [1.29, 1.82) is 0 Å². The molecule has 93 heavy (non-hydrogen) atoms. The number of hydrogen-bond acceptors (Lipinski definition) is 20. The first-order valence-electron chi connectivity index (χ1n) is 31.9. The van der Waals surface area contributed by atoms with E-state index in [4.69, 9.17) is 17.2 Å². The third-order valence-corrected chi connectivity index (χ3v) is 17.0. The average molecular weight is 1320 g/mol. The third kappa shape index (κ3) is 23.1. The molecule has 3 aliphatic heterocycles. The number of aliphatic hydroxyl groups excluding tert-OH is 4. The smallest absolute Gasteiger partial charge is 0.326 e. The Kier molecular flexibility index (Phi) is 32.9. The number of primary amides is 1. The van der Waals surface area contributed by atoms with Crippen molar-refractivity contribution in [3.63, 3.8) is 0 Å². The summed E-state index contributed by atoms with van der Waals surface area (Å²) < 4.78 is 0. The molecule has 3 fully saturated rings. The van der Waals surface area contributed by atoms with Crippen molar-refractivity contribution in [3.05, 3.63) is 0 Å². The zero-order valence-electron chi connectivity index (χ0n) is 54.5. The Morgan fingerprint density at radius 3 is 1.34 bits per heavy atom. The van der Waals surface area contributed by atoms with E-state index < -0.39 is 205 Å². The van der Waals surface area contributed by atoms with Crippen LogP contribution >= 0.6 is 0 Å². The standard InChI is InChI=1S/C59H101N15O19/c1-9-30(5)45(54(87)69-39(28-77)51(84)67-37(26-75)49(82)63-32(7)47(80)64-34(59(92)93)16-11-12-20-60)70-48(81)35(24-29(3)4)65-52(85)40-17-13-21-72(40)57(90)42-19-15-23-74(42)58(91)41-18-14-22-73(41)56(89)36(25-43(61)79)66-50(83)38(27-76)68-55(88)46(31(6)10-2)71-53(86)44(62)33(8)78/h29-42,44-46,75-78H,9-28,60,62H2,1-8H3,(H2,61,79)(H,63,82)(H,64,80)(H,65,85)(H,66,83)(H,67,84)(H,68,88)(H,69,87)(H,70,81)(H,71,86)(H,92,93)/t30-,31-,32-,33+,34-,35-,36-,37-,38-,39-,40-,41-,42-,44-,45-,46-/m0/s1. The molecule has 13 amide bonds. The van der Waals surface area contributed by atoms with Gasteiger partial charge in [0.05, 0.1) is 32.3 Å². The zero-order valence-corrected chi connectivity index (χ0v) is 54.5. The van der Waals surface area contributed by atoms with Gasteiger partial charge in [-0.15, -0.1) is 0 Å². The Morgan fingerprint density at radius 2 is 0.903 bits per heavy atom. The molecule has 3 aliphatic rings. The van der Waals surface area contributed by atoms with Crippen LogP contribution in [0.2, 0.25) is 0 Å². The highest BCUT2D eigenvalue weighted by atomic mass is 16.4. The van der Waals surface area contributed by atoms with Gasteiger partial charge in [0.1, 0.15) is 78.5 Å². The van der Waals surface area contributed by atoms with Gasteiger partial charge in [-0.25, -0.2) is 4.79 Å². The highest BCUT2D eigenvalue weighted by Crippen LogP contribution is 2.29. The Balaban J connectivity index is 1.75. The van der Waals surface area contributed by atoms with Crippen LogP contribution in [0.25, 0.3) is 0 Å². The molecule has 20 N–H and O–H groups in total. The van der Waals surface area contributed by atoms with E-state index in [9.17, 15) is 92.7 Å². The lowest BCUT2D eigenvalue weighted by molar-refractivity contribution is -0.151. The second-order valence-corrected chi connectivity index (χ2v) is 24.6. The molecule has 0 radical (unpaired) electrons. The lowest BCUT2D eigenvalue weighted by Gasteiger charge is -2.35. The van der Waals surface area contributed by atoms with Gasteiger partial charge in [-0.05, 0) is 102 Å². The molecular weight excluding hydrogens is 1220 g/mol. The molecule has 16 atom stereocenters. The van der Waals surface area contributed by atoms with E-state index in [1.807, 2.05) is 0 Å². The fourth-order valence-electron chi connectivity index (χ4n) is 11.0. The number of likely N-dealkylation sites (tertiary alicyclic amines) is 3. The topological polar surface area (TPSA) is 536 Å². The number of carboxylic acid groups (broad SMARTS) is 1. The summed E-state index contributed by atoms with van der Waals surface area (Å²) in [6, 6.07) is -18.3. The summed E-state index contributed by atoms with van der Waals surface area (Å²) >= 11 is 0. The number of carbonyl (C=O) groups is 14. The minimum absolute atomic E-state index is 0.0172. The van der Waals surface area contributed by atoms with Gasteiger partial charge in [0.25, 0.3) is 0 Å². The Hall–Kier alpha value is -7.66. The predicted molar refractivity (Wildman–Crippen MR) is 331 cm³/mol. The van der Waals surface area contributed by atoms with E-state index in [1.54, 1.807) is 41.5 Å². The van der Waals surface area contributed by atoms with Crippen molar-refractivity contribution >= 4 is 82.8 Å². The summed E-state index contributed by atoms with van der Waals surface area (Å²) in [6.07, 6.45) is 1.11. The monoisotopic (exact) mass is 1320 g/mol. The number of hydrogen-bond donors (Lipinski definition) is 17. The van der Waals surface area contributed by atoms with E-state index in [0.717, 1.165) is 4.90 Å². The number of nitrogens with two attached hydrogens (primary N) is 3. The van der Waals surface area contributed by atoms with Crippen LogP contribution < -0.4 is 65.1 Å². The number of carboxylic acids is 1. The third-order valence-electron chi connectivity index (χ3n) is 17.0. The molecule has 3 rings (SSSR count).